The van der Waals surface area contributed by atoms with Crippen LogP contribution in [0.25, 0.3) is 0 Å². The number of esters is 1. The topological polar surface area (TPSA) is 133 Å². The Kier molecular flexibility index (Phi) is 6.01. The van der Waals surface area contributed by atoms with E-state index in [9.17, 15) is 22.8 Å². The zero-order chi connectivity index (χ0) is 21.2. The van der Waals surface area contributed by atoms with E-state index in [-0.39, 0.29) is 36.0 Å². The molecule has 0 saturated carbocycles. The third-order valence-corrected chi connectivity index (χ3v) is 6.72. The third-order valence-electron chi connectivity index (χ3n) is 4.75. The van der Waals surface area contributed by atoms with E-state index in [1.54, 1.807) is 6.07 Å². The molecule has 11 heteroatoms. The number of β-amino-alcohol motifs (C(OH)–C–C–N with tert-alkyl or cyclic N) is 1. The standard InChI is InChI=1S/C18H21N3O7S/c1-28-18(25)14-6-4-8-21(14)29(26,27)15-7-3-2-5-12(15)19-13-11-16(23)20(9-10-22)17(13)24/h2-3,5,7,11,14,19,22H,4,6,8-10H2,1H3. The van der Waals surface area contributed by atoms with Gasteiger partial charge in [-0.05, 0) is 25.0 Å². The molecule has 2 amide bonds. The maximum Gasteiger partial charge on any atom is 0.324 e. The van der Waals surface area contributed by atoms with Gasteiger partial charge in [0.15, 0.2) is 0 Å². The van der Waals surface area contributed by atoms with Crippen molar-refractivity contribution in [3.05, 3.63) is 36.0 Å². The molecular formula is C18H21N3O7S. The third kappa shape index (κ3) is 3.88. The highest BCUT2D eigenvalue weighted by Crippen LogP contribution is 2.31. The van der Waals surface area contributed by atoms with Gasteiger partial charge in [0, 0.05) is 12.6 Å². The molecule has 2 heterocycles. The summed E-state index contributed by atoms with van der Waals surface area (Å²) in [5.74, 6) is -1.89. The smallest absolute Gasteiger partial charge is 0.324 e. The van der Waals surface area contributed by atoms with Gasteiger partial charge in [0.2, 0.25) is 10.0 Å². The second-order valence-corrected chi connectivity index (χ2v) is 8.35. The molecule has 1 atom stereocenters. The van der Waals surface area contributed by atoms with E-state index in [1.807, 2.05) is 0 Å². The Balaban J connectivity index is 1.92. The molecule has 1 aromatic carbocycles. The number of hydrogen-bond acceptors (Lipinski definition) is 8. The number of amides is 2. The SMILES string of the molecule is COC(=O)C1CCCN1S(=O)(=O)c1ccccc1NC1=CC(=O)N(CCO)C1=O. The summed E-state index contributed by atoms with van der Waals surface area (Å²) in [4.78, 5) is 37.0. The average Bonchev–Trinajstić information content (AvgIpc) is 3.30. The fourth-order valence-corrected chi connectivity index (χ4v) is 5.17. The van der Waals surface area contributed by atoms with Crippen molar-refractivity contribution in [2.75, 3.05) is 32.1 Å². The number of ether oxygens (including phenoxy) is 1. The van der Waals surface area contributed by atoms with E-state index in [2.05, 4.69) is 5.32 Å². The quantitative estimate of drug-likeness (QED) is 0.450. The summed E-state index contributed by atoms with van der Waals surface area (Å²) in [5.41, 5.74) is -0.00157. The Morgan fingerprint density at radius 2 is 2.03 bits per heavy atom. The predicted octanol–water partition coefficient (Wildman–Crippen LogP) is -0.330. The van der Waals surface area contributed by atoms with Gasteiger partial charge >= 0.3 is 5.97 Å². The maximum absolute atomic E-state index is 13.2. The van der Waals surface area contributed by atoms with Gasteiger partial charge in [-0.3, -0.25) is 19.3 Å². The number of aliphatic hydroxyl groups excluding tert-OH is 1. The molecule has 2 aliphatic rings. The minimum atomic E-state index is -4.08. The fraction of sp³-hybridized carbons (Fsp3) is 0.389. The summed E-state index contributed by atoms with van der Waals surface area (Å²) < 4.78 is 32.3. The lowest BCUT2D eigenvalue weighted by Crippen LogP contribution is -2.41. The number of carbonyl (C=O) groups excluding carboxylic acids is 3. The van der Waals surface area contributed by atoms with Crippen molar-refractivity contribution < 1.29 is 32.6 Å². The largest absolute Gasteiger partial charge is 0.468 e. The number of para-hydroxylation sites is 1. The number of aliphatic hydroxyl groups is 1. The number of carbonyl (C=O) groups is 3. The zero-order valence-corrected chi connectivity index (χ0v) is 16.5. The Bertz CT molecular complexity index is 973. The molecule has 0 radical (unpaired) electrons. The summed E-state index contributed by atoms with van der Waals surface area (Å²) in [6.45, 7) is -0.373. The number of imide groups is 1. The van der Waals surface area contributed by atoms with Crippen molar-refractivity contribution in [2.24, 2.45) is 0 Å². The molecule has 1 saturated heterocycles. The Labute approximate surface area is 167 Å². The van der Waals surface area contributed by atoms with Crippen LogP contribution in [0.3, 0.4) is 0 Å². The molecule has 156 valence electrons. The van der Waals surface area contributed by atoms with Crippen LogP contribution in [0.5, 0.6) is 0 Å². The van der Waals surface area contributed by atoms with Crippen LogP contribution in [0, 0.1) is 0 Å². The molecule has 0 bridgehead atoms. The first-order valence-corrected chi connectivity index (χ1v) is 10.4. The molecule has 29 heavy (non-hydrogen) atoms. The fourth-order valence-electron chi connectivity index (χ4n) is 3.38. The Hall–Kier alpha value is -2.76. The lowest BCUT2D eigenvalue weighted by atomic mass is 10.2. The number of methoxy groups -OCH3 is 1. The van der Waals surface area contributed by atoms with Crippen LogP contribution in [0.4, 0.5) is 5.69 Å². The van der Waals surface area contributed by atoms with Crippen molar-refractivity contribution in [1.29, 1.82) is 0 Å². The van der Waals surface area contributed by atoms with Crippen LogP contribution in [0.1, 0.15) is 12.8 Å². The van der Waals surface area contributed by atoms with Crippen molar-refractivity contribution >= 4 is 33.5 Å². The van der Waals surface area contributed by atoms with Crippen LogP contribution in [0.2, 0.25) is 0 Å². The Morgan fingerprint density at radius 3 is 2.72 bits per heavy atom. The number of rotatable bonds is 7. The molecule has 0 aliphatic carbocycles. The van der Waals surface area contributed by atoms with Gasteiger partial charge in [-0.15, -0.1) is 0 Å². The lowest BCUT2D eigenvalue weighted by molar-refractivity contribution is -0.144. The summed E-state index contributed by atoms with van der Waals surface area (Å²) in [6.07, 6.45) is 1.92. The van der Waals surface area contributed by atoms with Crippen LogP contribution in [-0.2, 0) is 29.1 Å². The van der Waals surface area contributed by atoms with Crippen LogP contribution in [0.15, 0.2) is 40.9 Å². The summed E-state index contributed by atoms with van der Waals surface area (Å²) in [7, 11) is -2.87. The van der Waals surface area contributed by atoms with E-state index >= 15 is 0 Å². The molecule has 0 aromatic heterocycles. The number of sulfonamides is 1. The molecule has 1 aromatic rings. The molecule has 2 N–H and O–H groups in total. The molecule has 1 unspecified atom stereocenters. The minimum absolute atomic E-state index is 0.0984. The van der Waals surface area contributed by atoms with E-state index in [4.69, 9.17) is 9.84 Å². The van der Waals surface area contributed by atoms with E-state index < -0.39 is 33.8 Å². The van der Waals surface area contributed by atoms with E-state index in [0.717, 1.165) is 15.3 Å². The molecule has 0 spiro atoms. The first-order valence-electron chi connectivity index (χ1n) is 8.95. The monoisotopic (exact) mass is 423 g/mol. The van der Waals surface area contributed by atoms with Gasteiger partial charge in [-0.2, -0.15) is 4.31 Å². The highest BCUT2D eigenvalue weighted by Gasteiger charge is 2.41. The van der Waals surface area contributed by atoms with Crippen molar-refractivity contribution in [2.45, 2.75) is 23.8 Å². The summed E-state index contributed by atoms with van der Waals surface area (Å²) in [5, 5.41) is 11.7. The number of anilines is 1. The van der Waals surface area contributed by atoms with Gasteiger partial charge < -0.3 is 15.2 Å². The van der Waals surface area contributed by atoms with Crippen LogP contribution >= 0.6 is 0 Å². The average molecular weight is 423 g/mol. The molecule has 3 rings (SSSR count). The summed E-state index contributed by atoms with van der Waals surface area (Å²) in [6, 6.07) is 5.01. The van der Waals surface area contributed by atoms with Gasteiger partial charge in [0.25, 0.3) is 11.8 Å². The number of nitrogens with one attached hydrogen (secondary N) is 1. The van der Waals surface area contributed by atoms with Gasteiger partial charge in [-0.1, -0.05) is 12.1 Å². The normalized spacial score (nSPS) is 20.1. The highest BCUT2D eigenvalue weighted by molar-refractivity contribution is 7.89. The van der Waals surface area contributed by atoms with Crippen LogP contribution < -0.4 is 5.32 Å². The number of benzene rings is 1. The second-order valence-electron chi connectivity index (χ2n) is 6.49. The minimum Gasteiger partial charge on any atom is -0.468 e. The maximum atomic E-state index is 13.2. The zero-order valence-electron chi connectivity index (χ0n) is 15.7. The summed E-state index contributed by atoms with van der Waals surface area (Å²) >= 11 is 0. The highest BCUT2D eigenvalue weighted by atomic mass is 32.2. The van der Waals surface area contributed by atoms with Crippen molar-refractivity contribution in [3.8, 4) is 0 Å². The number of nitrogens with zero attached hydrogens (tertiary/aromatic N) is 2. The van der Waals surface area contributed by atoms with Gasteiger partial charge in [-0.25, -0.2) is 8.42 Å². The van der Waals surface area contributed by atoms with Crippen LogP contribution in [-0.4, -0.2) is 73.4 Å². The molecular weight excluding hydrogens is 402 g/mol. The van der Waals surface area contributed by atoms with Crippen molar-refractivity contribution in [1.82, 2.24) is 9.21 Å². The van der Waals surface area contributed by atoms with E-state index in [1.165, 1.54) is 25.3 Å². The molecule has 10 nitrogen and oxygen atoms in total. The first kappa shape index (κ1) is 21.0. The lowest BCUT2D eigenvalue weighted by Gasteiger charge is -2.23. The number of hydrogen-bond donors (Lipinski definition) is 2. The van der Waals surface area contributed by atoms with Crippen molar-refractivity contribution in [3.63, 3.8) is 0 Å². The predicted molar refractivity (Wildman–Crippen MR) is 101 cm³/mol. The molecule has 2 aliphatic heterocycles. The van der Waals surface area contributed by atoms with E-state index in [0.29, 0.717) is 12.8 Å². The second kappa shape index (κ2) is 8.31. The first-order chi connectivity index (χ1) is 13.8. The molecule has 1 fully saturated rings. The van der Waals surface area contributed by atoms with Gasteiger partial charge in [0.1, 0.15) is 16.6 Å². The van der Waals surface area contributed by atoms with Gasteiger partial charge in [0.05, 0.1) is 25.9 Å². The Morgan fingerprint density at radius 1 is 1.31 bits per heavy atom.